The maximum atomic E-state index is 3.59. The van der Waals surface area contributed by atoms with E-state index in [2.05, 4.69) is 29.0 Å². The predicted molar refractivity (Wildman–Crippen MR) is 73.4 cm³/mol. The van der Waals surface area contributed by atoms with Crippen molar-refractivity contribution in [3.63, 3.8) is 0 Å². The van der Waals surface area contributed by atoms with Crippen molar-refractivity contribution in [2.75, 3.05) is 39.3 Å². The van der Waals surface area contributed by atoms with Crippen LogP contribution in [0.1, 0.15) is 39.5 Å². The van der Waals surface area contributed by atoms with E-state index in [9.17, 15) is 0 Å². The molecule has 0 bridgehead atoms. The van der Waals surface area contributed by atoms with Crippen molar-refractivity contribution in [3.05, 3.63) is 0 Å². The summed E-state index contributed by atoms with van der Waals surface area (Å²) in [7, 11) is 0. The molecule has 3 nitrogen and oxygen atoms in total. The van der Waals surface area contributed by atoms with Crippen LogP contribution in [0.15, 0.2) is 0 Å². The summed E-state index contributed by atoms with van der Waals surface area (Å²) in [5.41, 5.74) is 0. The van der Waals surface area contributed by atoms with Gasteiger partial charge in [0.2, 0.25) is 0 Å². The second-order valence-corrected chi connectivity index (χ2v) is 5.78. The van der Waals surface area contributed by atoms with Crippen molar-refractivity contribution < 1.29 is 0 Å². The number of nitrogens with zero attached hydrogens (tertiary/aromatic N) is 2. The molecular formula is C14H29N3. The molecule has 0 radical (unpaired) electrons. The summed E-state index contributed by atoms with van der Waals surface area (Å²) in [4.78, 5) is 5.38. The van der Waals surface area contributed by atoms with Crippen LogP contribution < -0.4 is 5.32 Å². The van der Waals surface area contributed by atoms with Crippen LogP contribution in [-0.2, 0) is 0 Å². The second-order valence-electron chi connectivity index (χ2n) is 5.78. The topological polar surface area (TPSA) is 18.5 Å². The Kier molecular flexibility index (Phi) is 5.26. The summed E-state index contributed by atoms with van der Waals surface area (Å²) in [5.74, 6) is 0. The van der Waals surface area contributed by atoms with E-state index in [0.717, 1.165) is 6.04 Å². The average Bonchev–Trinajstić information content (AvgIpc) is 2.55. The number of nitrogens with one attached hydrogen (secondary N) is 1. The van der Waals surface area contributed by atoms with E-state index in [0.29, 0.717) is 6.04 Å². The lowest BCUT2D eigenvalue weighted by Crippen LogP contribution is -2.47. The molecule has 1 N–H and O–H groups in total. The molecule has 0 aromatic carbocycles. The third-order valence-electron chi connectivity index (χ3n) is 4.24. The summed E-state index contributed by atoms with van der Waals surface area (Å²) < 4.78 is 0. The Morgan fingerprint density at radius 1 is 1.18 bits per heavy atom. The minimum Gasteiger partial charge on any atom is -0.313 e. The molecule has 100 valence electrons. The van der Waals surface area contributed by atoms with Crippen LogP contribution in [0.5, 0.6) is 0 Å². The van der Waals surface area contributed by atoms with Crippen LogP contribution >= 0.6 is 0 Å². The van der Waals surface area contributed by atoms with Crippen molar-refractivity contribution in [1.29, 1.82) is 0 Å². The standard InChI is InChI=1S/C14H29N3/c1-3-8-16-10-5-14(6-11-16)17-9-4-7-15-13(2)12-17/h13-15H,3-12H2,1-2H3. The smallest absolute Gasteiger partial charge is 0.0166 e. The largest absolute Gasteiger partial charge is 0.313 e. The van der Waals surface area contributed by atoms with Gasteiger partial charge in [0.05, 0.1) is 0 Å². The Bertz CT molecular complexity index is 212. The van der Waals surface area contributed by atoms with E-state index in [4.69, 9.17) is 0 Å². The molecule has 2 fully saturated rings. The highest BCUT2D eigenvalue weighted by atomic mass is 15.2. The molecule has 2 heterocycles. The molecular weight excluding hydrogens is 210 g/mol. The van der Waals surface area contributed by atoms with Gasteiger partial charge in [0.1, 0.15) is 0 Å². The third kappa shape index (κ3) is 3.94. The van der Waals surface area contributed by atoms with E-state index >= 15 is 0 Å². The van der Waals surface area contributed by atoms with E-state index in [1.165, 1.54) is 65.0 Å². The maximum Gasteiger partial charge on any atom is 0.0166 e. The highest BCUT2D eigenvalue weighted by molar-refractivity contribution is 4.83. The van der Waals surface area contributed by atoms with Gasteiger partial charge in [-0.2, -0.15) is 0 Å². The zero-order valence-electron chi connectivity index (χ0n) is 11.6. The van der Waals surface area contributed by atoms with Crippen LogP contribution in [0, 0.1) is 0 Å². The summed E-state index contributed by atoms with van der Waals surface area (Å²) in [6.45, 7) is 12.3. The van der Waals surface area contributed by atoms with Gasteiger partial charge in [-0.1, -0.05) is 6.92 Å². The molecule has 1 atom stereocenters. The normalized spacial score (nSPS) is 30.4. The fourth-order valence-electron chi connectivity index (χ4n) is 3.29. The average molecular weight is 239 g/mol. The van der Waals surface area contributed by atoms with Crippen LogP contribution in [0.3, 0.4) is 0 Å². The van der Waals surface area contributed by atoms with Crippen LogP contribution in [-0.4, -0.2) is 61.2 Å². The minimum absolute atomic E-state index is 0.672. The quantitative estimate of drug-likeness (QED) is 0.806. The molecule has 17 heavy (non-hydrogen) atoms. The van der Waals surface area contributed by atoms with Gasteiger partial charge in [-0.3, -0.25) is 4.90 Å². The number of piperidine rings is 1. The van der Waals surface area contributed by atoms with Crippen LogP contribution in [0.4, 0.5) is 0 Å². The number of hydrogen-bond donors (Lipinski definition) is 1. The van der Waals surface area contributed by atoms with Gasteiger partial charge in [0.25, 0.3) is 0 Å². The van der Waals surface area contributed by atoms with E-state index in [1.807, 2.05) is 0 Å². The zero-order valence-corrected chi connectivity index (χ0v) is 11.6. The first kappa shape index (κ1) is 13.3. The first-order valence-corrected chi connectivity index (χ1v) is 7.49. The van der Waals surface area contributed by atoms with E-state index < -0.39 is 0 Å². The van der Waals surface area contributed by atoms with Gasteiger partial charge in [-0.25, -0.2) is 0 Å². The Labute approximate surface area is 107 Å². The first-order chi connectivity index (χ1) is 8.29. The lowest BCUT2D eigenvalue weighted by molar-refractivity contribution is 0.108. The SMILES string of the molecule is CCCN1CCC(N2CCCNC(C)C2)CC1. The van der Waals surface area contributed by atoms with Gasteiger partial charge in [0, 0.05) is 18.6 Å². The maximum absolute atomic E-state index is 3.59. The zero-order chi connectivity index (χ0) is 12.1. The van der Waals surface area contributed by atoms with Crippen LogP contribution in [0.25, 0.3) is 0 Å². The van der Waals surface area contributed by atoms with E-state index in [-0.39, 0.29) is 0 Å². The summed E-state index contributed by atoms with van der Waals surface area (Å²) in [6.07, 6.45) is 5.38. The Morgan fingerprint density at radius 3 is 2.65 bits per heavy atom. The van der Waals surface area contributed by atoms with Crippen molar-refractivity contribution >= 4 is 0 Å². The van der Waals surface area contributed by atoms with Crippen LogP contribution in [0.2, 0.25) is 0 Å². The Hall–Kier alpha value is -0.120. The summed E-state index contributed by atoms with van der Waals surface area (Å²) in [5, 5.41) is 3.59. The molecule has 2 rings (SSSR count). The monoisotopic (exact) mass is 239 g/mol. The lowest BCUT2D eigenvalue weighted by Gasteiger charge is -2.38. The van der Waals surface area contributed by atoms with Gasteiger partial charge in [-0.15, -0.1) is 0 Å². The Balaban J connectivity index is 1.78. The van der Waals surface area contributed by atoms with Crippen molar-refractivity contribution in [1.82, 2.24) is 15.1 Å². The molecule has 2 aliphatic heterocycles. The molecule has 1 unspecified atom stereocenters. The summed E-state index contributed by atoms with van der Waals surface area (Å²) in [6, 6.07) is 1.52. The van der Waals surface area contributed by atoms with Crippen molar-refractivity contribution in [2.45, 2.75) is 51.6 Å². The molecule has 0 aromatic heterocycles. The number of likely N-dealkylation sites (tertiary alicyclic amines) is 1. The number of hydrogen-bond acceptors (Lipinski definition) is 3. The molecule has 0 amide bonds. The molecule has 2 saturated heterocycles. The minimum atomic E-state index is 0.672. The molecule has 2 aliphatic rings. The molecule has 0 spiro atoms. The fourth-order valence-corrected chi connectivity index (χ4v) is 3.29. The highest BCUT2D eigenvalue weighted by Crippen LogP contribution is 2.18. The fraction of sp³-hybridized carbons (Fsp3) is 1.00. The third-order valence-corrected chi connectivity index (χ3v) is 4.24. The Morgan fingerprint density at radius 2 is 1.94 bits per heavy atom. The van der Waals surface area contributed by atoms with Gasteiger partial charge >= 0.3 is 0 Å². The van der Waals surface area contributed by atoms with Crippen molar-refractivity contribution in [2.24, 2.45) is 0 Å². The van der Waals surface area contributed by atoms with Gasteiger partial charge in [0.15, 0.2) is 0 Å². The molecule has 0 aromatic rings. The predicted octanol–water partition coefficient (Wildman–Crippen LogP) is 1.54. The summed E-state index contributed by atoms with van der Waals surface area (Å²) >= 11 is 0. The highest BCUT2D eigenvalue weighted by Gasteiger charge is 2.25. The first-order valence-electron chi connectivity index (χ1n) is 7.49. The molecule has 0 saturated carbocycles. The van der Waals surface area contributed by atoms with Gasteiger partial charge in [-0.05, 0) is 65.3 Å². The molecule has 0 aliphatic carbocycles. The second kappa shape index (κ2) is 6.72. The lowest BCUT2D eigenvalue weighted by atomic mass is 10.0. The number of rotatable bonds is 3. The van der Waals surface area contributed by atoms with Gasteiger partial charge < -0.3 is 10.2 Å². The molecule has 3 heteroatoms. The van der Waals surface area contributed by atoms with Crippen molar-refractivity contribution in [3.8, 4) is 0 Å². The van der Waals surface area contributed by atoms with E-state index in [1.54, 1.807) is 0 Å².